The van der Waals surface area contributed by atoms with Gasteiger partial charge in [0, 0.05) is 6.92 Å². The first kappa shape index (κ1) is 23.1. The number of hydrogen-bond donors (Lipinski definition) is 2. The summed E-state index contributed by atoms with van der Waals surface area (Å²) < 4.78 is 19.4. The van der Waals surface area contributed by atoms with E-state index >= 15 is 0 Å². The van der Waals surface area contributed by atoms with E-state index in [1.807, 2.05) is 60.7 Å². The number of ether oxygens (including phenoxy) is 3. The Bertz CT molecular complexity index is 1270. The van der Waals surface area contributed by atoms with Crippen LogP contribution in [0.5, 0.6) is 5.75 Å². The highest BCUT2D eigenvalue weighted by Gasteiger charge is 2.15. The molecule has 2 heterocycles. The molecule has 176 valence electrons. The van der Waals surface area contributed by atoms with E-state index in [0.29, 0.717) is 18.9 Å². The molecule has 4 aromatic rings. The van der Waals surface area contributed by atoms with Crippen molar-refractivity contribution in [1.82, 2.24) is 19.5 Å². The van der Waals surface area contributed by atoms with Crippen molar-refractivity contribution in [2.24, 2.45) is 0 Å². The lowest BCUT2D eigenvalue weighted by Gasteiger charge is -2.19. The molecule has 2 aromatic carbocycles. The minimum Gasteiger partial charge on any atom is -0.491 e. The largest absolute Gasteiger partial charge is 0.491 e. The van der Waals surface area contributed by atoms with E-state index in [4.69, 9.17) is 14.2 Å². The number of rotatable bonds is 11. The van der Waals surface area contributed by atoms with Crippen LogP contribution in [0.1, 0.15) is 12.5 Å². The minimum absolute atomic E-state index is 0.0434. The molecule has 0 spiro atoms. The quantitative estimate of drug-likeness (QED) is 0.351. The van der Waals surface area contributed by atoms with Gasteiger partial charge >= 0.3 is 0 Å². The third-order valence-electron chi connectivity index (χ3n) is 4.81. The zero-order valence-corrected chi connectivity index (χ0v) is 18.6. The van der Waals surface area contributed by atoms with Crippen LogP contribution in [0.2, 0.25) is 0 Å². The number of imidazole rings is 1. The number of carbonyl (C=O) groups excluding carboxylic acids is 1. The fraction of sp³-hybridized carbons (Fsp3) is 0.250. The van der Waals surface area contributed by atoms with Crippen molar-refractivity contribution in [3.8, 4) is 5.75 Å². The van der Waals surface area contributed by atoms with Crippen molar-refractivity contribution < 1.29 is 19.0 Å². The number of amides is 1. The highest BCUT2D eigenvalue weighted by Crippen LogP contribution is 2.12. The molecular formula is C24H25N5O5. The van der Waals surface area contributed by atoms with Crippen molar-refractivity contribution in [2.75, 3.05) is 18.5 Å². The average Bonchev–Trinajstić information content (AvgIpc) is 3.25. The van der Waals surface area contributed by atoms with Crippen LogP contribution in [0.4, 0.5) is 5.95 Å². The zero-order valence-electron chi connectivity index (χ0n) is 18.6. The lowest BCUT2D eigenvalue weighted by Crippen LogP contribution is -2.28. The molecule has 34 heavy (non-hydrogen) atoms. The minimum atomic E-state index is -0.456. The van der Waals surface area contributed by atoms with Gasteiger partial charge in [0.1, 0.15) is 25.2 Å². The molecular weight excluding hydrogens is 438 g/mol. The van der Waals surface area contributed by atoms with Gasteiger partial charge < -0.3 is 14.2 Å². The van der Waals surface area contributed by atoms with Crippen molar-refractivity contribution in [2.45, 2.75) is 26.4 Å². The molecule has 0 saturated heterocycles. The molecule has 1 amide bonds. The monoisotopic (exact) mass is 463 g/mol. The molecule has 10 nitrogen and oxygen atoms in total. The number of benzene rings is 2. The Kier molecular flexibility index (Phi) is 7.63. The maximum absolute atomic E-state index is 12.3. The number of fused-ring (bicyclic) bond motifs is 1. The molecule has 10 heteroatoms. The first-order valence-electron chi connectivity index (χ1n) is 10.7. The summed E-state index contributed by atoms with van der Waals surface area (Å²) in [6.07, 6.45) is 1.06. The van der Waals surface area contributed by atoms with Crippen molar-refractivity contribution >= 4 is 23.0 Å². The molecule has 0 saturated carbocycles. The van der Waals surface area contributed by atoms with Crippen LogP contribution in [0, 0.1) is 0 Å². The molecule has 2 N–H and O–H groups in total. The van der Waals surface area contributed by atoms with Gasteiger partial charge in [-0.15, -0.1) is 0 Å². The highest BCUT2D eigenvalue weighted by molar-refractivity contribution is 5.87. The Labute approximate surface area is 195 Å². The summed E-state index contributed by atoms with van der Waals surface area (Å²) in [5.74, 6) is 0.417. The van der Waals surface area contributed by atoms with Gasteiger partial charge in [-0.25, -0.2) is 4.98 Å². The lowest BCUT2D eigenvalue weighted by atomic mass is 10.2. The Morgan fingerprint density at radius 3 is 2.56 bits per heavy atom. The molecule has 1 atom stereocenters. The highest BCUT2D eigenvalue weighted by atomic mass is 16.6. The number of aromatic amines is 1. The summed E-state index contributed by atoms with van der Waals surface area (Å²) in [7, 11) is 0. The van der Waals surface area contributed by atoms with Gasteiger partial charge in [-0.05, 0) is 17.7 Å². The average molecular weight is 463 g/mol. The number of aromatic nitrogens is 4. The number of nitrogens with one attached hydrogen (secondary N) is 2. The van der Waals surface area contributed by atoms with Crippen LogP contribution in [-0.2, 0) is 27.6 Å². The second kappa shape index (κ2) is 11.2. The topological polar surface area (TPSA) is 120 Å². The SMILES string of the molecule is CC(=O)Nc1nc2c(ncn2COC(COCc2ccccc2)COc2ccccc2)c(=O)[nH]1. The second-order valence-electron chi connectivity index (χ2n) is 7.52. The number of nitrogens with zero attached hydrogens (tertiary/aromatic N) is 3. The van der Waals surface area contributed by atoms with Gasteiger partial charge in [0.2, 0.25) is 11.9 Å². The molecule has 4 rings (SSSR count). The summed E-state index contributed by atoms with van der Waals surface area (Å²) in [5.41, 5.74) is 1.04. The van der Waals surface area contributed by atoms with E-state index in [-0.39, 0.29) is 30.7 Å². The Balaban J connectivity index is 1.44. The number of para-hydroxylation sites is 1. The summed E-state index contributed by atoms with van der Waals surface area (Å²) in [4.78, 5) is 34.5. The summed E-state index contributed by atoms with van der Waals surface area (Å²) >= 11 is 0. The van der Waals surface area contributed by atoms with E-state index in [9.17, 15) is 9.59 Å². The van der Waals surface area contributed by atoms with Crippen LogP contribution in [0.15, 0.2) is 71.8 Å². The van der Waals surface area contributed by atoms with Crippen LogP contribution >= 0.6 is 0 Å². The zero-order chi connectivity index (χ0) is 23.8. The van der Waals surface area contributed by atoms with Crippen molar-refractivity contribution in [1.29, 1.82) is 0 Å². The Morgan fingerprint density at radius 1 is 1.09 bits per heavy atom. The van der Waals surface area contributed by atoms with Crippen LogP contribution in [-0.4, -0.2) is 44.7 Å². The number of H-pyrrole nitrogens is 1. The van der Waals surface area contributed by atoms with Gasteiger partial charge in [0.25, 0.3) is 5.56 Å². The summed E-state index contributed by atoms with van der Waals surface area (Å²) in [6.45, 7) is 2.38. The van der Waals surface area contributed by atoms with E-state index < -0.39 is 11.7 Å². The van der Waals surface area contributed by atoms with Gasteiger partial charge in [-0.1, -0.05) is 48.5 Å². The van der Waals surface area contributed by atoms with Gasteiger partial charge in [0.05, 0.1) is 19.5 Å². The standard InChI is InChI=1S/C24H25N5O5/c1-17(30)26-24-27-22-21(23(31)28-24)25-15-29(22)16-34-20(14-33-19-10-6-3-7-11-19)13-32-12-18-8-4-2-5-9-18/h2-11,15,20H,12-14,16H2,1H3,(H2,26,27,28,30,31). The van der Waals surface area contributed by atoms with Crippen molar-refractivity contribution in [3.63, 3.8) is 0 Å². The summed E-state index contributed by atoms with van der Waals surface area (Å²) in [5, 5.41) is 2.47. The molecule has 0 radical (unpaired) electrons. The molecule has 2 aromatic heterocycles. The van der Waals surface area contributed by atoms with Crippen molar-refractivity contribution in [3.05, 3.63) is 82.9 Å². The number of carbonyl (C=O) groups is 1. The molecule has 0 bridgehead atoms. The third-order valence-corrected chi connectivity index (χ3v) is 4.81. The van der Waals surface area contributed by atoms with Gasteiger partial charge in [-0.3, -0.25) is 24.5 Å². The van der Waals surface area contributed by atoms with E-state index in [2.05, 4.69) is 20.3 Å². The fourth-order valence-corrected chi connectivity index (χ4v) is 3.19. The molecule has 0 aliphatic rings. The Hall–Kier alpha value is -4.02. The normalized spacial score (nSPS) is 11.9. The van der Waals surface area contributed by atoms with Gasteiger partial charge in [-0.2, -0.15) is 4.98 Å². The molecule has 0 fully saturated rings. The smallest absolute Gasteiger partial charge is 0.280 e. The predicted octanol–water partition coefficient (Wildman–Crippen LogP) is 2.72. The molecule has 1 unspecified atom stereocenters. The van der Waals surface area contributed by atoms with Gasteiger partial charge in [0.15, 0.2) is 11.2 Å². The number of hydrogen-bond acceptors (Lipinski definition) is 7. The maximum Gasteiger partial charge on any atom is 0.280 e. The molecule has 0 aliphatic heterocycles. The second-order valence-corrected chi connectivity index (χ2v) is 7.52. The predicted molar refractivity (Wildman–Crippen MR) is 125 cm³/mol. The van der Waals surface area contributed by atoms with E-state index in [1.54, 1.807) is 4.57 Å². The van der Waals surface area contributed by atoms with Crippen LogP contribution < -0.4 is 15.6 Å². The Morgan fingerprint density at radius 2 is 1.82 bits per heavy atom. The lowest BCUT2D eigenvalue weighted by molar-refractivity contribution is -0.114. The fourth-order valence-electron chi connectivity index (χ4n) is 3.19. The maximum atomic E-state index is 12.3. The van der Waals surface area contributed by atoms with E-state index in [0.717, 1.165) is 11.3 Å². The third kappa shape index (κ3) is 6.27. The van der Waals surface area contributed by atoms with Crippen LogP contribution in [0.25, 0.3) is 11.2 Å². The van der Waals surface area contributed by atoms with E-state index in [1.165, 1.54) is 13.3 Å². The molecule has 0 aliphatic carbocycles. The first-order valence-corrected chi connectivity index (χ1v) is 10.7. The van der Waals surface area contributed by atoms with Crippen LogP contribution in [0.3, 0.4) is 0 Å². The first-order chi connectivity index (χ1) is 16.6. The summed E-state index contributed by atoms with van der Waals surface area (Å²) in [6, 6.07) is 19.3. The number of anilines is 1.